The summed E-state index contributed by atoms with van der Waals surface area (Å²) in [6.45, 7) is 0. The molecule has 2 aromatic heterocycles. The van der Waals surface area contributed by atoms with Gasteiger partial charge in [-0.3, -0.25) is 0 Å². The van der Waals surface area contributed by atoms with E-state index in [-0.39, 0.29) is 22.7 Å². The van der Waals surface area contributed by atoms with Gasteiger partial charge in [-0.15, -0.1) is 0 Å². The summed E-state index contributed by atoms with van der Waals surface area (Å²) < 4.78 is 9.42. The molecular weight excluding hydrogens is 456 g/mol. The standard InChI is InChI=1S/2C9H6O4.C4H4O4/c2*10-6-3-1-5-2-4-7(11)13-9(5)8(6)12;5-3(6)1-2-4(7)8/h2*1-4,10,12H;1-2H,(H,5,6)(H,7,8)/b;;2-1+. The zero-order chi connectivity index (χ0) is 25.4. The molecule has 0 spiro atoms. The van der Waals surface area contributed by atoms with Crippen LogP contribution >= 0.6 is 0 Å². The molecule has 0 aliphatic rings. The molecular formula is C22H16O12. The Balaban J connectivity index is 0.000000187. The highest BCUT2D eigenvalue weighted by Gasteiger charge is 2.08. The number of hydrogen-bond acceptors (Lipinski definition) is 10. The first-order valence-electron chi connectivity index (χ1n) is 9.03. The molecule has 0 unspecified atom stereocenters. The smallest absolute Gasteiger partial charge is 0.336 e. The Kier molecular flexibility index (Phi) is 7.99. The van der Waals surface area contributed by atoms with Gasteiger partial charge >= 0.3 is 23.2 Å². The van der Waals surface area contributed by atoms with Crippen LogP contribution < -0.4 is 11.3 Å². The zero-order valence-corrected chi connectivity index (χ0v) is 16.9. The quantitative estimate of drug-likeness (QED) is 0.140. The van der Waals surface area contributed by atoms with E-state index in [0.717, 1.165) is 0 Å². The lowest BCUT2D eigenvalue weighted by atomic mass is 10.2. The van der Waals surface area contributed by atoms with Crippen molar-refractivity contribution >= 4 is 33.9 Å². The van der Waals surface area contributed by atoms with Crippen LogP contribution in [0.3, 0.4) is 0 Å². The lowest BCUT2D eigenvalue weighted by molar-refractivity contribution is -0.134. The first kappa shape index (κ1) is 25.0. The van der Waals surface area contributed by atoms with Gasteiger partial charge in [-0.1, -0.05) is 0 Å². The second kappa shape index (κ2) is 10.9. The Morgan fingerprint density at radius 1 is 0.588 bits per heavy atom. The van der Waals surface area contributed by atoms with Gasteiger partial charge in [0.15, 0.2) is 22.7 Å². The molecule has 0 saturated carbocycles. The van der Waals surface area contributed by atoms with Crippen LogP contribution in [0.5, 0.6) is 23.0 Å². The van der Waals surface area contributed by atoms with Crippen molar-refractivity contribution in [2.24, 2.45) is 0 Å². The van der Waals surface area contributed by atoms with Crippen molar-refractivity contribution in [3.63, 3.8) is 0 Å². The predicted molar refractivity (Wildman–Crippen MR) is 116 cm³/mol. The number of aromatic hydroxyl groups is 4. The maximum Gasteiger partial charge on any atom is 0.336 e. The van der Waals surface area contributed by atoms with Gasteiger partial charge in [-0.05, 0) is 36.4 Å². The molecule has 2 heterocycles. The third-order valence-corrected chi connectivity index (χ3v) is 3.85. The van der Waals surface area contributed by atoms with Crippen LogP contribution in [0.15, 0.2) is 79.1 Å². The van der Waals surface area contributed by atoms with Crippen LogP contribution in [0, 0.1) is 0 Å². The van der Waals surface area contributed by atoms with Gasteiger partial charge in [0.2, 0.25) is 11.5 Å². The number of rotatable bonds is 2. The molecule has 2 aromatic carbocycles. The number of carboxylic acid groups (broad SMARTS) is 2. The summed E-state index contributed by atoms with van der Waals surface area (Å²) in [4.78, 5) is 40.7. The minimum absolute atomic E-state index is 0.00694. The van der Waals surface area contributed by atoms with E-state index in [1.807, 2.05) is 0 Å². The summed E-state index contributed by atoms with van der Waals surface area (Å²) in [6, 6.07) is 11.3. The molecule has 4 aromatic rings. The Hall–Kier alpha value is -5.26. The molecule has 0 bridgehead atoms. The number of phenolic OH excluding ortho intramolecular Hbond substituents is 4. The van der Waals surface area contributed by atoms with Crippen LogP contribution in [-0.4, -0.2) is 42.6 Å². The minimum atomic E-state index is -1.26. The van der Waals surface area contributed by atoms with Crippen LogP contribution in [-0.2, 0) is 9.59 Å². The van der Waals surface area contributed by atoms with Crippen LogP contribution in [0.4, 0.5) is 0 Å². The Morgan fingerprint density at radius 3 is 1.24 bits per heavy atom. The van der Waals surface area contributed by atoms with Crippen molar-refractivity contribution < 1.29 is 49.1 Å². The molecule has 0 amide bonds. The van der Waals surface area contributed by atoms with Crippen molar-refractivity contribution in [1.82, 2.24) is 0 Å². The molecule has 34 heavy (non-hydrogen) atoms. The zero-order valence-electron chi connectivity index (χ0n) is 16.9. The number of fused-ring (bicyclic) bond motifs is 2. The fraction of sp³-hybridized carbons (Fsp3) is 0. The van der Waals surface area contributed by atoms with E-state index in [1.54, 1.807) is 12.1 Å². The Bertz CT molecular complexity index is 1380. The average Bonchev–Trinajstić information content (AvgIpc) is 2.79. The third-order valence-electron chi connectivity index (χ3n) is 3.85. The number of aliphatic carboxylic acids is 2. The normalized spacial score (nSPS) is 10.2. The molecule has 6 N–H and O–H groups in total. The average molecular weight is 472 g/mol. The summed E-state index contributed by atoms with van der Waals surface area (Å²) in [5.41, 5.74) is -1.11. The van der Waals surface area contributed by atoms with Crippen LogP contribution in [0.2, 0.25) is 0 Å². The van der Waals surface area contributed by atoms with Crippen LogP contribution in [0.25, 0.3) is 21.9 Å². The van der Waals surface area contributed by atoms with Crippen molar-refractivity contribution in [2.75, 3.05) is 0 Å². The molecule has 176 valence electrons. The molecule has 0 radical (unpaired) electrons. The number of carboxylic acids is 2. The van der Waals surface area contributed by atoms with Gasteiger partial charge in [-0.2, -0.15) is 0 Å². The van der Waals surface area contributed by atoms with Crippen LogP contribution in [0.1, 0.15) is 0 Å². The summed E-state index contributed by atoms with van der Waals surface area (Å²) >= 11 is 0. The van der Waals surface area contributed by atoms with E-state index in [0.29, 0.717) is 22.9 Å². The topological polar surface area (TPSA) is 216 Å². The molecule has 12 heteroatoms. The van der Waals surface area contributed by atoms with Gasteiger partial charge in [0.05, 0.1) is 0 Å². The highest BCUT2D eigenvalue weighted by Crippen LogP contribution is 2.32. The summed E-state index contributed by atoms with van der Waals surface area (Å²) in [5.74, 6) is -3.94. The highest BCUT2D eigenvalue weighted by molar-refractivity contribution is 5.89. The number of benzene rings is 2. The van der Waals surface area contributed by atoms with Crippen molar-refractivity contribution in [1.29, 1.82) is 0 Å². The van der Waals surface area contributed by atoms with Crippen molar-refractivity contribution in [3.8, 4) is 23.0 Å². The summed E-state index contributed by atoms with van der Waals surface area (Å²) in [5, 5.41) is 53.5. The van der Waals surface area contributed by atoms with E-state index in [4.69, 9.17) is 29.3 Å². The van der Waals surface area contributed by atoms with E-state index < -0.39 is 34.7 Å². The molecule has 0 aliphatic carbocycles. The molecule has 4 rings (SSSR count). The summed E-state index contributed by atoms with van der Waals surface area (Å²) in [6.07, 6.45) is 1.12. The van der Waals surface area contributed by atoms with Gasteiger partial charge in [-0.25, -0.2) is 19.2 Å². The number of hydrogen-bond donors (Lipinski definition) is 6. The fourth-order valence-corrected chi connectivity index (χ4v) is 2.36. The third kappa shape index (κ3) is 6.62. The van der Waals surface area contributed by atoms with E-state index >= 15 is 0 Å². The van der Waals surface area contributed by atoms with Gasteiger partial charge in [0.1, 0.15) is 0 Å². The molecule has 0 saturated heterocycles. The Morgan fingerprint density at radius 2 is 0.912 bits per heavy atom. The fourth-order valence-electron chi connectivity index (χ4n) is 2.36. The number of phenols is 4. The van der Waals surface area contributed by atoms with Crippen molar-refractivity contribution in [2.45, 2.75) is 0 Å². The van der Waals surface area contributed by atoms with Gasteiger partial charge < -0.3 is 39.5 Å². The minimum Gasteiger partial charge on any atom is -0.504 e. The molecule has 0 fully saturated rings. The monoisotopic (exact) mass is 472 g/mol. The second-order valence-electron chi connectivity index (χ2n) is 6.22. The van der Waals surface area contributed by atoms with E-state index in [2.05, 4.69) is 0 Å². The van der Waals surface area contributed by atoms with E-state index in [9.17, 15) is 29.4 Å². The first-order valence-corrected chi connectivity index (χ1v) is 9.03. The predicted octanol–water partition coefficient (Wildman–Crippen LogP) is 2.12. The Labute approximate surface area is 188 Å². The molecule has 0 atom stereocenters. The summed E-state index contributed by atoms with van der Waals surface area (Å²) in [7, 11) is 0. The lowest BCUT2D eigenvalue weighted by Gasteiger charge is -1.99. The second-order valence-corrected chi connectivity index (χ2v) is 6.22. The van der Waals surface area contributed by atoms with Crippen molar-refractivity contribution in [3.05, 3.63) is 81.5 Å². The highest BCUT2D eigenvalue weighted by atomic mass is 16.4. The first-order chi connectivity index (χ1) is 16.0. The lowest BCUT2D eigenvalue weighted by Crippen LogP contribution is -1.94. The van der Waals surface area contributed by atoms with E-state index in [1.165, 1.54) is 36.4 Å². The SMILES string of the molecule is O=C(O)/C=C/C(=O)O.O=c1ccc2ccc(O)c(O)c2o1.O=c1ccc2ccc(O)c(O)c2o1. The number of carbonyl (C=O) groups is 2. The largest absolute Gasteiger partial charge is 0.504 e. The maximum absolute atomic E-state index is 10.8. The van der Waals surface area contributed by atoms with Gasteiger partial charge in [0, 0.05) is 35.1 Å². The maximum atomic E-state index is 10.8. The van der Waals surface area contributed by atoms with Gasteiger partial charge in [0.25, 0.3) is 0 Å². The molecule has 12 nitrogen and oxygen atoms in total. The molecule has 0 aliphatic heterocycles.